The third-order valence-electron chi connectivity index (χ3n) is 6.32. The van der Waals surface area contributed by atoms with Crippen molar-refractivity contribution in [3.8, 4) is 0 Å². The number of sulfonamides is 1. The van der Waals surface area contributed by atoms with E-state index in [9.17, 15) is 13.2 Å². The van der Waals surface area contributed by atoms with Gasteiger partial charge < -0.3 is 14.7 Å². The fourth-order valence-electron chi connectivity index (χ4n) is 4.61. The highest BCUT2D eigenvalue weighted by atomic mass is 32.2. The molecule has 10 heteroatoms. The van der Waals surface area contributed by atoms with Crippen molar-refractivity contribution in [2.24, 2.45) is 0 Å². The molecule has 0 unspecified atom stereocenters. The Morgan fingerprint density at radius 2 is 1.61 bits per heavy atom. The van der Waals surface area contributed by atoms with Crippen molar-refractivity contribution in [1.82, 2.24) is 14.5 Å². The van der Waals surface area contributed by atoms with Gasteiger partial charge in [0.2, 0.25) is 15.9 Å². The Balaban J connectivity index is 1.33. The third-order valence-corrected chi connectivity index (χ3v) is 8.20. The van der Waals surface area contributed by atoms with Crippen molar-refractivity contribution in [3.63, 3.8) is 0 Å². The van der Waals surface area contributed by atoms with Gasteiger partial charge in [-0.15, -0.1) is 10.2 Å². The Bertz CT molecular complexity index is 1120. The van der Waals surface area contributed by atoms with Gasteiger partial charge >= 0.3 is 0 Å². The summed E-state index contributed by atoms with van der Waals surface area (Å²) in [6.07, 6.45) is 1.77. The maximum Gasteiger partial charge on any atom is 0.243 e. The van der Waals surface area contributed by atoms with Crippen LogP contribution in [-0.2, 0) is 27.7 Å². The summed E-state index contributed by atoms with van der Waals surface area (Å²) in [6.45, 7) is 2.58. The van der Waals surface area contributed by atoms with E-state index in [1.165, 1.54) is 0 Å². The monoisotopic (exact) mass is 442 g/mol. The molecule has 1 amide bonds. The van der Waals surface area contributed by atoms with E-state index in [-0.39, 0.29) is 5.91 Å². The van der Waals surface area contributed by atoms with Crippen LogP contribution in [0, 0.1) is 0 Å². The second kappa shape index (κ2) is 7.45. The van der Waals surface area contributed by atoms with Gasteiger partial charge in [-0.25, -0.2) is 8.42 Å². The van der Waals surface area contributed by atoms with Gasteiger partial charge in [-0.1, -0.05) is 0 Å². The van der Waals surface area contributed by atoms with Crippen molar-refractivity contribution in [3.05, 3.63) is 35.4 Å². The number of aromatic nitrogens is 2. The van der Waals surface area contributed by atoms with Gasteiger partial charge in [0, 0.05) is 53.2 Å². The average molecular weight is 443 g/mol. The number of anilines is 3. The van der Waals surface area contributed by atoms with Crippen LogP contribution in [0.2, 0.25) is 0 Å². The summed E-state index contributed by atoms with van der Waals surface area (Å²) in [5.74, 6) is 1.68. The van der Waals surface area contributed by atoms with E-state index < -0.39 is 10.0 Å². The van der Waals surface area contributed by atoms with Crippen LogP contribution in [0.15, 0.2) is 29.2 Å². The second-order valence-electron chi connectivity index (χ2n) is 8.42. The first kappa shape index (κ1) is 20.2. The number of amides is 1. The lowest BCUT2D eigenvalue weighted by molar-refractivity contribution is -0.118. The van der Waals surface area contributed by atoms with Crippen LogP contribution in [0.1, 0.15) is 17.5 Å². The second-order valence-corrected chi connectivity index (χ2v) is 10.4. The first-order valence-corrected chi connectivity index (χ1v) is 12.0. The fraction of sp³-hybridized carbons (Fsp3) is 0.476. The number of carbonyl (C=O) groups is 1. The van der Waals surface area contributed by atoms with E-state index in [1.807, 2.05) is 36.0 Å². The highest BCUT2D eigenvalue weighted by Gasteiger charge is 2.35. The lowest BCUT2D eigenvalue weighted by Gasteiger charge is -2.34. The molecule has 1 aromatic heterocycles. The summed E-state index contributed by atoms with van der Waals surface area (Å²) in [4.78, 5) is 18.2. The standard InChI is InChI=1S/C21H26N6O3S/c1-24(2)18-4-5-19(23-22-18)25-9-11-26(12-10-25)31(29,30)17-13-15-3-6-20(28)27-8-7-16(14-17)21(15)27/h4-5,13-14H,3,6-12H2,1-2H3. The molecule has 1 saturated heterocycles. The lowest BCUT2D eigenvalue weighted by Crippen LogP contribution is -2.49. The average Bonchev–Trinajstić information content (AvgIpc) is 3.22. The molecular formula is C21H26N6O3S. The molecule has 0 radical (unpaired) electrons. The third kappa shape index (κ3) is 3.43. The van der Waals surface area contributed by atoms with Crippen molar-refractivity contribution < 1.29 is 13.2 Å². The molecule has 1 fully saturated rings. The highest BCUT2D eigenvalue weighted by Crippen LogP contribution is 2.39. The lowest BCUT2D eigenvalue weighted by atomic mass is 10.00. The maximum atomic E-state index is 13.4. The van der Waals surface area contributed by atoms with Gasteiger partial charge in [-0.05, 0) is 48.2 Å². The molecule has 2 aromatic rings. The van der Waals surface area contributed by atoms with E-state index in [1.54, 1.807) is 16.4 Å². The molecule has 0 N–H and O–H groups in total. The summed E-state index contributed by atoms with van der Waals surface area (Å²) in [5.41, 5.74) is 2.89. The van der Waals surface area contributed by atoms with Crippen LogP contribution in [-0.4, -0.2) is 75.6 Å². The number of piperazine rings is 1. The number of rotatable bonds is 4. The highest BCUT2D eigenvalue weighted by molar-refractivity contribution is 7.89. The minimum absolute atomic E-state index is 0.139. The van der Waals surface area contributed by atoms with E-state index in [4.69, 9.17) is 0 Å². The number of benzene rings is 1. The van der Waals surface area contributed by atoms with Crippen LogP contribution >= 0.6 is 0 Å². The Labute approximate surface area is 182 Å². The van der Waals surface area contributed by atoms with E-state index in [0.717, 1.165) is 28.5 Å². The SMILES string of the molecule is CN(C)c1ccc(N2CCN(S(=O)(=O)c3cc4c5c(c3)CCN5C(=O)CC4)CC2)nn1. The van der Waals surface area contributed by atoms with Crippen molar-refractivity contribution in [1.29, 1.82) is 0 Å². The Kier molecular flexibility index (Phi) is 4.86. The smallest absolute Gasteiger partial charge is 0.243 e. The molecule has 5 rings (SSSR count). The van der Waals surface area contributed by atoms with Crippen molar-refractivity contribution >= 4 is 33.3 Å². The van der Waals surface area contributed by atoms with Crippen LogP contribution < -0.4 is 14.7 Å². The molecule has 3 aliphatic rings. The number of aryl methyl sites for hydroxylation is 1. The minimum Gasteiger partial charge on any atom is -0.361 e. The topological polar surface area (TPSA) is 90.0 Å². The normalized spacial score (nSPS) is 19.0. The predicted octanol–water partition coefficient (Wildman–Crippen LogP) is 0.889. The van der Waals surface area contributed by atoms with Gasteiger partial charge in [-0.2, -0.15) is 4.31 Å². The molecular weight excluding hydrogens is 416 g/mol. The first-order chi connectivity index (χ1) is 14.8. The fourth-order valence-corrected chi connectivity index (χ4v) is 6.13. The Morgan fingerprint density at radius 3 is 2.26 bits per heavy atom. The summed E-state index contributed by atoms with van der Waals surface area (Å²) in [6, 6.07) is 7.38. The molecule has 0 bridgehead atoms. The molecule has 0 atom stereocenters. The number of hydrogen-bond acceptors (Lipinski definition) is 7. The summed E-state index contributed by atoms with van der Waals surface area (Å²) >= 11 is 0. The zero-order chi connectivity index (χ0) is 21.8. The molecule has 0 spiro atoms. The molecule has 9 nitrogen and oxygen atoms in total. The minimum atomic E-state index is -3.59. The molecule has 0 saturated carbocycles. The summed E-state index contributed by atoms with van der Waals surface area (Å²) < 4.78 is 28.3. The van der Waals surface area contributed by atoms with Crippen molar-refractivity contribution in [2.45, 2.75) is 24.2 Å². The van der Waals surface area contributed by atoms with Crippen LogP contribution in [0.25, 0.3) is 0 Å². The zero-order valence-corrected chi connectivity index (χ0v) is 18.6. The first-order valence-electron chi connectivity index (χ1n) is 10.6. The van der Waals surface area contributed by atoms with E-state index in [0.29, 0.717) is 56.9 Å². The maximum absolute atomic E-state index is 13.4. The number of carbonyl (C=O) groups excluding carboxylic acids is 1. The molecule has 0 aliphatic carbocycles. The van der Waals surface area contributed by atoms with Gasteiger partial charge in [0.25, 0.3) is 0 Å². The molecule has 4 heterocycles. The molecule has 164 valence electrons. The van der Waals surface area contributed by atoms with Gasteiger partial charge in [0.15, 0.2) is 11.6 Å². The van der Waals surface area contributed by atoms with Crippen LogP contribution in [0.3, 0.4) is 0 Å². The van der Waals surface area contributed by atoms with Gasteiger partial charge in [0.05, 0.1) is 10.6 Å². The van der Waals surface area contributed by atoms with E-state index in [2.05, 4.69) is 15.1 Å². The predicted molar refractivity (Wildman–Crippen MR) is 118 cm³/mol. The number of hydrogen-bond donors (Lipinski definition) is 0. The molecule has 1 aromatic carbocycles. The number of nitrogens with zero attached hydrogens (tertiary/aromatic N) is 6. The summed E-state index contributed by atoms with van der Waals surface area (Å²) in [7, 11) is 0.239. The zero-order valence-electron chi connectivity index (χ0n) is 17.8. The molecule has 3 aliphatic heterocycles. The van der Waals surface area contributed by atoms with Crippen LogP contribution in [0.4, 0.5) is 17.3 Å². The van der Waals surface area contributed by atoms with Gasteiger partial charge in [0.1, 0.15) is 0 Å². The Morgan fingerprint density at radius 1 is 0.903 bits per heavy atom. The molecule has 31 heavy (non-hydrogen) atoms. The quantitative estimate of drug-likeness (QED) is 0.695. The largest absolute Gasteiger partial charge is 0.361 e. The summed E-state index contributed by atoms with van der Waals surface area (Å²) in [5, 5.41) is 8.50. The van der Waals surface area contributed by atoms with E-state index >= 15 is 0 Å². The van der Waals surface area contributed by atoms with Crippen molar-refractivity contribution in [2.75, 3.05) is 61.5 Å². The van der Waals surface area contributed by atoms with Crippen LogP contribution in [0.5, 0.6) is 0 Å². The Hall–Kier alpha value is -2.72. The van der Waals surface area contributed by atoms with Gasteiger partial charge in [-0.3, -0.25) is 4.79 Å².